The number of nitrogens with one attached hydrogen (secondary N) is 3. The van der Waals surface area contributed by atoms with E-state index in [0.717, 1.165) is 26.5 Å². The number of nitriles is 1. The summed E-state index contributed by atoms with van der Waals surface area (Å²) in [6.07, 6.45) is 3.40. The zero-order valence-corrected chi connectivity index (χ0v) is 17.3. The van der Waals surface area contributed by atoms with Gasteiger partial charge in [0.2, 0.25) is 0 Å². The molecule has 0 radical (unpaired) electrons. The maximum Gasteiger partial charge on any atom is 0.319 e. The molecule has 2 amide bonds. The normalized spacial score (nSPS) is 10.3. The first-order valence-electron chi connectivity index (χ1n) is 9.61. The van der Waals surface area contributed by atoms with Gasteiger partial charge in [-0.05, 0) is 53.6 Å². The minimum absolute atomic E-state index is 0.274. The predicted octanol–water partition coefficient (Wildman–Crippen LogP) is 5.42. The summed E-state index contributed by atoms with van der Waals surface area (Å²) in [5, 5.41) is 21.4. The van der Waals surface area contributed by atoms with Crippen molar-refractivity contribution < 1.29 is 4.79 Å². The fraction of sp³-hybridized carbons (Fsp3) is 0.0417. The third kappa shape index (κ3) is 5.32. The topological polar surface area (TPSA) is 93.6 Å². The van der Waals surface area contributed by atoms with E-state index in [-0.39, 0.29) is 6.03 Å². The number of carbonyl (C=O) groups excluding carboxylic acids is 1. The van der Waals surface area contributed by atoms with Crippen molar-refractivity contribution >= 4 is 23.5 Å². The van der Waals surface area contributed by atoms with E-state index in [1.165, 1.54) is 0 Å². The van der Waals surface area contributed by atoms with Gasteiger partial charge in [-0.2, -0.15) is 10.4 Å². The summed E-state index contributed by atoms with van der Waals surface area (Å²) in [6.45, 7) is 0.403. The Balaban J connectivity index is 1.42. The molecule has 7 heteroatoms. The maximum atomic E-state index is 12.1. The van der Waals surface area contributed by atoms with Gasteiger partial charge in [0.25, 0.3) is 0 Å². The smallest absolute Gasteiger partial charge is 0.319 e. The molecule has 0 saturated carbocycles. The number of rotatable bonds is 6. The number of hydrogen-bond donors (Lipinski definition) is 3. The number of nitrogens with zero attached hydrogens (tertiary/aromatic N) is 2. The molecule has 31 heavy (non-hydrogen) atoms. The number of carbonyl (C=O) groups is 1. The molecule has 0 spiro atoms. The van der Waals surface area contributed by atoms with Gasteiger partial charge in [0.05, 0.1) is 17.8 Å². The van der Waals surface area contributed by atoms with E-state index < -0.39 is 0 Å². The average molecular weight is 426 g/mol. The lowest BCUT2D eigenvalue weighted by molar-refractivity contribution is 0.251. The van der Waals surface area contributed by atoms with Crippen molar-refractivity contribution in [3.05, 3.63) is 96.3 Å². The summed E-state index contributed by atoms with van der Waals surface area (Å²) in [5.74, 6) is 0. The van der Waals surface area contributed by atoms with Crippen molar-refractivity contribution in [3.63, 3.8) is 0 Å². The highest BCUT2D eigenvalue weighted by Crippen LogP contribution is 2.36. The monoisotopic (exact) mass is 425 g/mol. The highest BCUT2D eigenvalue weighted by molar-refractivity contribution is 7.99. The molecule has 3 aromatic carbocycles. The zero-order chi connectivity index (χ0) is 21.5. The summed E-state index contributed by atoms with van der Waals surface area (Å²) in [7, 11) is 0. The molecule has 1 heterocycles. The van der Waals surface area contributed by atoms with E-state index in [4.69, 9.17) is 0 Å². The highest BCUT2D eigenvalue weighted by Gasteiger charge is 2.08. The lowest BCUT2D eigenvalue weighted by Gasteiger charge is -2.11. The molecule has 0 saturated heterocycles. The zero-order valence-electron chi connectivity index (χ0n) is 16.5. The molecule has 0 unspecified atom stereocenters. The quantitative estimate of drug-likeness (QED) is 0.384. The average Bonchev–Trinajstić information content (AvgIpc) is 3.33. The number of amides is 2. The first kappa shape index (κ1) is 20.3. The maximum absolute atomic E-state index is 12.1. The van der Waals surface area contributed by atoms with Crippen LogP contribution in [0.15, 0.2) is 95.0 Å². The molecular weight excluding hydrogens is 406 g/mol. The Morgan fingerprint density at radius 3 is 2.68 bits per heavy atom. The van der Waals surface area contributed by atoms with Crippen LogP contribution in [0.4, 0.5) is 10.5 Å². The van der Waals surface area contributed by atoms with Crippen molar-refractivity contribution in [1.82, 2.24) is 15.5 Å². The van der Waals surface area contributed by atoms with E-state index in [0.29, 0.717) is 17.8 Å². The Morgan fingerprint density at radius 2 is 1.90 bits per heavy atom. The van der Waals surface area contributed by atoms with E-state index in [1.54, 1.807) is 30.2 Å². The largest absolute Gasteiger partial charge is 0.334 e. The number of urea groups is 1. The van der Waals surface area contributed by atoms with Crippen LogP contribution in [0.5, 0.6) is 0 Å². The molecule has 3 N–H and O–H groups in total. The van der Waals surface area contributed by atoms with Gasteiger partial charge in [-0.25, -0.2) is 4.79 Å². The summed E-state index contributed by atoms with van der Waals surface area (Å²) in [6, 6.07) is 25.3. The lowest BCUT2D eigenvalue weighted by atomic mass is 10.0. The Labute approximate surface area is 184 Å². The number of benzene rings is 3. The number of aromatic amines is 1. The van der Waals surface area contributed by atoms with Crippen LogP contribution in [0.1, 0.15) is 11.1 Å². The van der Waals surface area contributed by atoms with Crippen LogP contribution in [-0.2, 0) is 6.54 Å². The molecule has 0 aliphatic carbocycles. The second-order valence-electron chi connectivity index (χ2n) is 6.73. The summed E-state index contributed by atoms with van der Waals surface area (Å²) in [5.41, 5.74) is 4.34. The second-order valence-corrected chi connectivity index (χ2v) is 7.84. The predicted molar refractivity (Wildman–Crippen MR) is 122 cm³/mol. The van der Waals surface area contributed by atoms with Crippen molar-refractivity contribution in [2.75, 3.05) is 5.32 Å². The van der Waals surface area contributed by atoms with E-state index >= 15 is 0 Å². The Morgan fingerprint density at radius 1 is 1.06 bits per heavy atom. The number of H-pyrrole nitrogens is 1. The first-order valence-corrected chi connectivity index (χ1v) is 10.4. The minimum atomic E-state index is -0.274. The van der Waals surface area contributed by atoms with Crippen molar-refractivity contribution in [2.24, 2.45) is 0 Å². The van der Waals surface area contributed by atoms with Gasteiger partial charge < -0.3 is 10.6 Å². The molecule has 0 aliphatic rings. The fourth-order valence-corrected chi connectivity index (χ4v) is 3.98. The first-order chi connectivity index (χ1) is 15.2. The standard InChI is InChI=1S/C24H19N5OS/c25-13-17-4-3-5-19(12-17)22-6-1-2-7-23(22)31-21-10-8-20(9-11-21)29-24(30)26-14-18-15-27-28-16-18/h1-12,15-16H,14H2,(H,27,28)(H2,26,29,30). The summed E-state index contributed by atoms with van der Waals surface area (Å²) < 4.78 is 0. The van der Waals surface area contributed by atoms with Crippen LogP contribution in [-0.4, -0.2) is 16.2 Å². The third-order valence-corrected chi connectivity index (χ3v) is 5.62. The molecule has 4 rings (SSSR count). The minimum Gasteiger partial charge on any atom is -0.334 e. The second kappa shape index (κ2) is 9.65. The molecule has 1 aromatic heterocycles. The van der Waals surface area contributed by atoms with Gasteiger partial charge in [-0.1, -0.05) is 42.1 Å². The van der Waals surface area contributed by atoms with Gasteiger partial charge in [0, 0.05) is 33.8 Å². The van der Waals surface area contributed by atoms with Crippen LogP contribution < -0.4 is 10.6 Å². The molecule has 0 atom stereocenters. The van der Waals surface area contributed by atoms with E-state index in [2.05, 4.69) is 39.0 Å². The molecule has 0 fully saturated rings. The highest BCUT2D eigenvalue weighted by atomic mass is 32.2. The fourth-order valence-electron chi connectivity index (χ4n) is 3.02. The number of anilines is 1. The van der Waals surface area contributed by atoms with Gasteiger partial charge >= 0.3 is 6.03 Å². The van der Waals surface area contributed by atoms with Crippen molar-refractivity contribution in [2.45, 2.75) is 16.3 Å². The van der Waals surface area contributed by atoms with Gasteiger partial charge in [0.15, 0.2) is 0 Å². The van der Waals surface area contributed by atoms with Gasteiger partial charge in [0.1, 0.15) is 0 Å². The summed E-state index contributed by atoms with van der Waals surface area (Å²) in [4.78, 5) is 14.2. The molecule has 6 nitrogen and oxygen atoms in total. The van der Waals surface area contributed by atoms with E-state index in [9.17, 15) is 10.1 Å². The van der Waals surface area contributed by atoms with Crippen molar-refractivity contribution in [3.8, 4) is 17.2 Å². The molecule has 0 bridgehead atoms. The van der Waals surface area contributed by atoms with Crippen LogP contribution in [0.3, 0.4) is 0 Å². The molecular formula is C24H19N5OS. The summed E-state index contributed by atoms with van der Waals surface area (Å²) >= 11 is 1.64. The molecule has 0 aliphatic heterocycles. The Bertz CT molecular complexity index is 1210. The third-order valence-electron chi connectivity index (χ3n) is 4.54. The van der Waals surface area contributed by atoms with Gasteiger partial charge in [-0.15, -0.1) is 0 Å². The van der Waals surface area contributed by atoms with Crippen LogP contribution in [0.25, 0.3) is 11.1 Å². The van der Waals surface area contributed by atoms with E-state index in [1.807, 2.05) is 54.6 Å². The number of hydrogen-bond acceptors (Lipinski definition) is 4. The molecule has 4 aromatic rings. The Hall–Kier alpha value is -4.02. The van der Waals surface area contributed by atoms with Crippen LogP contribution >= 0.6 is 11.8 Å². The SMILES string of the molecule is N#Cc1cccc(-c2ccccc2Sc2ccc(NC(=O)NCc3cn[nH]c3)cc2)c1. The lowest BCUT2D eigenvalue weighted by Crippen LogP contribution is -2.27. The van der Waals surface area contributed by atoms with Crippen LogP contribution in [0, 0.1) is 11.3 Å². The Kier molecular flexibility index (Phi) is 6.31. The van der Waals surface area contributed by atoms with Gasteiger partial charge in [-0.3, -0.25) is 5.10 Å². The van der Waals surface area contributed by atoms with Crippen molar-refractivity contribution in [1.29, 1.82) is 5.26 Å². The number of aromatic nitrogens is 2. The molecule has 152 valence electrons. The van der Waals surface area contributed by atoms with Crippen LogP contribution in [0.2, 0.25) is 0 Å².